The lowest BCUT2D eigenvalue weighted by Crippen LogP contribution is -2.18. The molecule has 0 bridgehead atoms. The molecule has 0 atom stereocenters. The highest BCUT2D eigenvalue weighted by molar-refractivity contribution is 7.92. The fourth-order valence-corrected chi connectivity index (χ4v) is 4.19. The first-order chi connectivity index (χ1) is 12.2. The highest BCUT2D eigenvalue weighted by Crippen LogP contribution is 2.29. The normalized spacial score (nSPS) is 11.7. The predicted molar refractivity (Wildman–Crippen MR) is 96.5 cm³/mol. The standard InChI is InChI=1S/C16H17N5O4S/c1-4-11-7-15(13-8-12(21(22)23)5-6-14(13)18-11)19-26(24,25)16-10(2)9-17-20(16)3/h5-9H,4H2,1-3H3,(H,18,19). The van der Waals surface area contributed by atoms with Crippen LogP contribution >= 0.6 is 0 Å². The van der Waals surface area contributed by atoms with E-state index in [-0.39, 0.29) is 16.4 Å². The lowest BCUT2D eigenvalue weighted by molar-refractivity contribution is -0.384. The van der Waals surface area contributed by atoms with Crippen LogP contribution in [0.15, 0.2) is 35.5 Å². The molecule has 0 aliphatic rings. The first kappa shape index (κ1) is 17.8. The molecule has 2 heterocycles. The Morgan fingerprint density at radius 2 is 2.04 bits per heavy atom. The largest absolute Gasteiger partial charge is 0.279 e. The van der Waals surface area contributed by atoms with Crippen LogP contribution in [0, 0.1) is 17.0 Å². The summed E-state index contributed by atoms with van der Waals surface area (Å²) in [6, 6.07) is 5.77. The molecule has 3 rings (SSSR count). The number of nitro benzene ring substituents is 1. The number of sulfonamides is 1. The van der Waals surface area contributed by atoms with Gasteiger partial charge in [-0.05, 0) is 25.5 Å². The zero-order valence-electron chi connectivity index (χ0n) is 14.4. The number of nitro groups is 1. The highest BCUT2D eigenvalue weighted by Gasteiger charge is 2.23. The average Bonchev–Trinajstić information content (AvgIpc) is 2.93. The maximum atomic E-state index is 12.8. The van der Waals surface area contributed by atoms with Gasteiger partial charge in [0.25, 0.3) is 15.7 Å². The van der Waals surface area contributed by atoms with Crippen molar-refractivity contribution in [1.82, 2.24) is 14.8 Å². The second-order valence-corrected chi connectivity index (χ2v) is 7.43. The second-order valence-electron chi connectivity index (χ2n) is 5.84. The van der Waals surface area contributed by atoms with Crippen molar-refractivity contribution in [3.05, 3.63) is 51.8 Å². The molecule has 0 spiro atoms. The minimum atomic E-state index is -3.93. The zero-order valence-corrected chi connectivity index (χ0v) is 15.2. The summed E-state index contributed by atoms with van der Waals surface area (Å²) in [6.45, 7) is 3.54. The van der Waals surface area contributed by atoms with E-state index in [0.717, 1.165) is 0 Å². The van der Waals surface area contributed by atoms with Crippen molar-refractivity contribution in [2.75, 3.05) is 4.72 Å². The molecule has 0 saturated carbocycles. The fraction of sp³-hybridized carbons (Fsp3) is 0.250. The van der Waals surface area contributed by atoms with E-state index in [1.165, 1.54) is 36.1 Å². The van der Waals surface area contributed by atoms with Crippen molar-refractivity contribution in [2.45, 2.75) is 25.3 Å². The number of nitrogens with one attached hydrogen (secondary N) is 1. The van der Waals surface area contributed by atoms with Gasteiger partial charge in [-0.15, -0.1) is 0 Å². The maximum Gasteiger partial charge on any atom is 0.279 e. The van der Waals surface area contributed by atoms with E-state index in [1.54, 1.807) is 13.0 Å². The Bertz CT molecular complexity index is 1100. The molecular weight excluding hydrogens is 358 g/mol. The minimum Gasteiger partial charge on any atom is -0.278 e. The van der Waals surface area contributed by atoms with E-state index < -0.39 is 14.9 Å². The van der Waals surface area contributed by atoms with E-state index >= 15 is 0 Å². The summed E-state index contributed by atoms with van der Waals surface area (Å²) in [7, 11) is -2.39. The van der Waals surface area contributed by atoms with Crippen molar-refractivity contribution >= 4 is 32.3 Å². The smallest absolute Gasteiger partial charge is 0.278 e. The molecule has 0 saturated heterocycles. The summed E-state index contributed by atoms with van der Waals surface area (Å²) in [5, 5.41) is 15.4. The van der Waals surface area contributed by atoms with Gasteiger partial charge < -0.3 is 0 Å². The Kier molecular flexibility index (Phi) is 4.36. The lowest BCUT2D eigenvalue weighted by Gasteiger charge is -2.13. The van der Waals surface area contributed by atoms with Gasteiger partial charge in [0, 0.05) is 35.8 Å². The van der Waals surface area contributed by atoms with Gasteiger partial charge in [-0.25, -0.2) is 0 Å². The van der Waals surface area contributed by atoms with Crippen molar-refractivity contribution in [2.24, 2.45) is 7.05 Å². The molecule has 0 aliphatic heterocycles. The number of hydrogen-bond acceptors (Lipinski definition) is 6. The first-order valence-electron chi connectivity index (χ1n) is 7.82. The molecule has 0 unspecified atom stereocenters. The molecule has 0 aliphatic carbocycles. The Labute approximate surface area is 149 Å². The number of anilines is 1. The van der Waals surface area contributed by atoms with E-state index in [0.29, 0.717) is 28.6 Å². The van der Waals surface area contributed by atoms with E-state index in [2.05, 4.69) is 14.8 Å². The minimum absolute atomic E-state index is 0.0333. The quantitative estimate of drug-likeness (QED) is 0.540. The lowest BCUT2D eigenvalue weighted by atomic mass is 10.1. The Morgan fingerprint density at radius 3 is 2.62 bits per heavy atom. The Morgan fingerprint density at radius 1 is 1.31 bits per heavy atom. The van der Waals surface area contributed by atoms with Crippen molar-refractivity contribution in [3.63, 3.8) is 0 Å². The van der Waals surface area contributed by atoms with Crippen LogP contribution in [0.2, 0.25) is 0 Å². The number of nitrogens with zero attached hydrogens (tertiary/aromatic N) is 4. The highest BCUT2D eigenvalue weighted by atomic mass is 32.2. The number of benzene rings is 1. The zero-order chi connectivity index (χ0) is 19.1. The predicted octanol–water partition coefficient (Wildman–Crippen LogP) is 2.55. The van der Waals surface area contributed by atoms with Crippen molar-refractivity contribution in [3.8, 4) is 0 Å². The van der Waals surface area contributed by atoms with Gasteiger partial charge in [0.15, 0.2) is 5.03 Å². The third kappa shape index (κ3) is 3.10. The third-order valence-electron chi connectivity index (χ3n) is 3.97. The number of pyridine rings is 1. The van der Waals surface area contributed by atoms with E-state index in [4.69, 9.17) is 0 Å². The summed E-state index contributed by atoms with van der Waals surface area (Å²) in [5.74, 6) is 0. The first-order valence-corrected chi connectivity index (χ1v) is 9.30. The van der Waals surface area contributed by atoms with Gasteiger partial charge in [-0.2, -0.15) is 13.5 Å². The number of hydrogen-bond donors (Lipinski definition) is 1. The van der Waals surface area contributed by atoms with Gasteiger partial charge in [-0.1, -0.05) is 6.92 Å². The van der Waals surface area contributed by atoms with E-state index in [9.17, 15) is 18.5 Å². The molecule has 3 aromatic rings. The summed E-state index contributed by atoms with van der Waals surface area (Å²) < 4.78 is 29.5. The molecule has 0 fully saturated rings. The molecule has 2 aromatic heterocycles. The molecule has 0 amide bonds. The maximum absolute atomic E-state index is 12.8. The number of non-ortho nitro benzene ring substituents is 1. The number of rotatable bonds is 5. The average molecular weight is 375 g/mol. The van der Waals surface area contributed by atoms with Crippen molar-refractivity contribution < 1.29 is 13.3 Å². The fourth-order valence-electron chi connectivity index (χ4n) is 2.76. The summed E-state index contributed by atoms with van der Waals surface area (Å²) in [5.41, 5.74) is 1.76. The van der Waals surface area contributed by atoms with Crippen LogP contribution in [-0.2, 0) is 23.5 Å². The van der Waals surface area contributed by atoms with Gasteiger partial charge in [0.05, 0.1) is 22.3 Å². The van der Waals surface area contributed by atoms with E-state index in [1.807, 2.05) is 6.92 Å². The number of fused-ring (bicyclic) bond motifs is 1. The number of aromatic nitrogens is 3. The van der Waals surface area contributed by atoms with Crippen LogP contribution in [0.3, 0.4) is 0 Å². The van der Waals surface area contributed by atoms with Gasteiger partial charge in [-0.3, -0.25) is 24.5 Å². The molecule has 1 aromatic carbocycles. The number of aryl methyl sites for hydroxylation is 3. The molecular formula is C16H17N5O4S. The summed E-state index contributed by atoms with van der Waals surface area (Å²) in [4.78, 5) is 15.0. The molecule has 0 radical (unpaired) electrons. The third-order valence-corrected chi connectivity index (χ3v) is 5.56. The van der Waals surface area contributed by atoms with Crippen LogP contribution in [-0.4, -0.2) is 28.1 Å². The summed E-state index contributed by atoms with van der Waals surface area (Å²) >= 11 is 0. The Hall–Kier alpha value is -3.01. The molecule has 9 nitrogen and oxygen atoms in total. The van der Waals surface area contributed by atoms with Crippen LogP contribution in [0.5, 0.6) is 0 Å². The summed E-state index contributed by atoms with van der Waals surface area (Å²) in [6.07, 6.45) is 2.05. The molecule has 26 heavy (non-hydrogen) atoms. The monoisotopic (exact) mass is 375 g/mol. The van der Waals surface area contributed by atoms with Crippen LogP contribution in [0.25, 0.3) is 10.9 Å². The molecule has 1 N–H and O–H groups in total. The van der Waals surface area contributed by atoms with Gasteiger partial charge in [0.1, 0.15) is 0 Å². The second kappa shape index (κ2) is 6.37. The molecule has 10 heteroatoms. The SMILES string of the molecule is CCc1cc(NS(=O)(=O)c2c(C)cnn2C)c2cc([N+](=O)[O-])ccc2n1. The van der Waals surface area contributed by atoms with Crippen LogP contribution < -0.4 is 4.72 Å². The van der Waals surface area contributed by atoms with Crippen LogP contribution in [0.1, 0.15) is 18.2 Å². The Balaban J connectivity index is 2.19. The van der Waals surface area contributed by atoms with Gasteiger partial charge in [0.2, 0.25) is 0 Å². The molecule has 136 valence electrons. The topological polar surface area (TPSA) is 120 Å². The van der Waals surface area contributed by atoms with Gasteiger partial charge >= 0.3 is 0 Å². The van der Waals surface area contributed by atoms with Crippen molar-refractivity contribution in [1.29, 1.82) is 0 Å². The van der Waals surface area contributed by atoms with Crippen LogP contribution in [0.4, 0.5) is 11.4 Å².